The summed E-state index contributed by atoms with van der Waals surface area (Å²) >= 11 is 0. The molecule has 0 bridgehead atoms. The molecule has 23 heavy (non-hydrogen) atoms. The highest BCUT2D eigenvalue weighted by molar-refractivity contribution is 5.42. The number of nitrogens with zero attached hydrogens (tertiary/aromatic N) is 4. The summed E-state index contributed by atoms with van der Waals surface area (Å²) in [6, 6.07) is 10.9. The van der Waals surface area contributed by atoms with Gasteiger partial charge in [-0.25, -0.2) is 4.98 Å². The second kappa shape index (κ2) is 6.10. The number of hydrogen-bond donors (Lipinski definition) is 1. The lowest BCUT2D eigenvalue weighted by molar-refractivity contribution is 0.151. The Bertz CT molecular complexity index is 796. The van der Waals surface area contributed by atoms with Crippen molar-refractivity contribution in [2.24, 2.45) is 0 Å². The highest BCUT2D eigenvalue weighted by atomic mass is 15.2. The van der Waals surface area contributed by atoms with E-state index in [-0.39, 0.29) is 0 Å². The summed E-state index contributed by atoms with van der Waals surface area (Å²) in [5.74, 6) is 0. The predicted molar refractivity (Wildman–Crippen MR) is 90.2 cm³/mol. The van der Waals surface area contributed by atoms with Crippen molar-refractivity contribution in [3.63, 3.8) is 0 Å². The van der Waals surface area contributed by atoms with E-state index in [4.69, 9.17) is 0 Å². The van der Waals surface area contributed by atoms with Crippen molar-refractivity contribution in [2.45, 2.75) is 19.5 Å². The number of imidazole rings is 1. The highest BCUT2D eigenvalue weighted by Crippen LogP contribution is 2.24. The minimum Gasteiger partial charge on any atom is -0.314 e. The molecule has 5 nitrogen and oxygen atoms in total. The molecule has 4 rings (SSSR count). The van der Waals surface area contributed by atoms with Crippen LogP contribution >= 0.6 is 0 Å². The lowest BCUT2D eigenvalue weighted by Crippen LogP contribution is -2.45. The predicted octanol–water partition coefficient (Wildman–Crippen LogP) is 2.18. The summed E-state index contributed by atoms with van der Waals surface area (Å²) < 4.78 is 2.26. The van der Waals surface area contributed by atoms with Crippen LogP contribution in [-0.2, 0) is 6.54 Å². The maximum Gasteiger partial charge on any atom is 0.137 e. The van der Waals surface area contributed by atoms with E-state index < -0.39 is 0 Å². The van der Waals surface area contributed by atoms with Gasteiger partial charge in [0.2, 0.25) is 0 Å². The average molecular weight is 307 g/mol. The largest absolute Gasteiger partial charge is 0.314 e. The fourth-order valence-corrected chi connectivity index (χ4v) is 3.45. The molecule has 1 atom stereocenters. The Labute approximate surface area is 136 Å². The van der Waals surface area contributed by atoms with E-state index >= 15 is 0 Å². The van der Waals surface area contributed by atoms with E-state index in [1.165, 1.54) is 17.0 Å². The van der Waals surface area contributed by atoms with Crippen LogP contribution in [0.4, 0.5) is 0 Å². The Morgan fingerprint density at radius 1 is 1.22 bits per heavy atom. The molecule has 118 valence electrons. The molecule has 0 radical (unpaired) electrons. The van der Waals surface area contributed by atoms with Gasteiger partial charge in [-0.05, 0) is 36.8 Å². The lowest BCUT2D eigenvalue weighted by Gasteiger charge is -2.36. The molecule has 3 aromatic rings. The van der Waals surface area contributed by atoms with Crippen LogP contribution in [0.2, 0.25) is 0 Å². The van der Waals surface area contributed by atoms with Gasteiger partial charge in [-0.3, -0.25) is 9.88 Å². The van der Waals surface area contributed by atoms with Crippen molar-refractivity contribution < 1.29 is 0 Å². The fraction of sp³-hybridized carbons (Fsp3) is 0.333. The van der Waals surface area contributed by atoms with E-state index in [2.05, 4.69) is 61.8 Å². The van der Waals surface area contributed by atoms with Crippen LogP contribution in [0.1, 0.15) is 23.0 Å². The molecule has 3 aromatic heterocycles. The third kappa shape index (κ3) is 2.73. The molecule has 4 heterocycles. The van der Waals surface area contributed by atoms with Gasteiger partial charge in [0, 0.05) is 50.3 Å². The Kier molecular flexibility index (Phi) is 3.81. The van der Waals surface area contributed by atoms with Gasteiger partial charge in [0.05, 0.1) is 11.9 Å². The first kappa shape index (κ1) is 14.4. The molecule has 1 unspecified atom stereocenters. The zero-order chi connectivity index (χ0) is 15.6. The molecule has 1 N–H and O–H groups in total. The number of piperazine rings is 1. The number of aromatic nitrogens is 3. The van der Waals surface area contributed by atoms with Crippen molar-refractivity contribution in [1.29, 1.82) is 0 Å². The Morgan fingerprint density at radius 3 is 2.96 bits per heavy atom. The zero-order valence-corrected chi connectivity index (χ0v) is 13.3. The lowest BCUT2D eigenvalue weighted by atomic mass is 10.0. The first-order valence-electron chi connectivity index (χ1n) is 8.09. The first-order valence-corrected chi connectivity index (χ1v) is 8.09. The molecular formula is C18H21N5. The van der Waals surface area contributed by atoms with Crippen LogP contribution in [0.25, 0.3) is 5.65 Å². The molecule has 0 amide bonds. The molecule has 0 saturated carbocycles. The summed E-state index contributed by atoms with van der Waals surface area (Å²) in [6.45, 7) is 6.07. The molecule has 0 aromatic carbocycles. The molecule has 5 heteroatoms. The van der Waals surface area contributed by atoms with Crippen molar-refractivity contribution in [2.75, 3.05) is 19.6 Å². The van der Waals surface area contributed by atoms with Crippen molar-refractivity contribution in [3.05, 3.63) is 65.9 Å². The van der Waals surface area contributed by atoms with Gasteiger partial charge in [0.25, 0.3) is 0 Å². The van der Waals surface area contributed by atoms with Crippen LogP contribution < -0.4 is 5.32 Å². The molecule has 0 spiro atoms. The number of rotatable bonds is 3. The summed E-state index contributed by atoms with van der Waals surface area (Å²) in [7, 11) is 0. The first-order chi connectivity index (χ1) is 11.3. The molecule has 1 aliphatic heterocycles. The normalized spacial score (nSPS) is 19.3. The van der Waals surface area contributed by atoms with Gasteiger partial charge in [0.15, 0.2) is 0 Å². The summed E-state index contributed by atoms with van der Waals surface area (Å²) in [5, 5.41) is 3.51. The second-order valence-electron chi connectivity index (χ2n) is 6.08. The SMILES string of the molecule is Cc1cccc2ncc(CN3CCNCC3c3ccncc3)n12. The Balaban J connectivity index is 1.65. The average Bonchev–Trinajstić information content (AvgIpc) is 3.01. The van der Waals surface area contributed by atoms with Crippen LogP contribution in [0.5, 0.6) is 0 Å². The third-order valence-corrected chi connectivity index (χ3v) is 4.61. The number of pyridine rings is 2. The maximum atomic E-state index is 4.55. The number of hydrogen-bond acceptors (Lipinski definition) is 4. The maximum absolute atomic E-state index is 4.55. The molecule has 1 fully saturated rings. The van der Waals surface area contributed by atoms with Gasteiger partial charge >= 0.3 is 0 Å². The van der Waals surface area contributed by atoms with Crippen molar-refractivity contribution in [3.8, 4) is 0 Å². The standard InChI is InChI=1S/C18H21N5/c1-14-3-2-4-18-21-11-16(23(14)18)13-22-10-9-20-12-17(22)15-5-7-19-8-6-15/h2-8,11,17,20H,9-10,12-13H2,1H3. The van der Waals surface area contributed by atoms with Gasteiger partial charge in [-0.2, -0.15) is 0 Å². The molecule has 1 aliphatic rings. The summed E-state index contributed by atoms with van der Waals surface area (Å²) in [4.78, 5) is 11.2. The number of aryl methyl sites for hydroxylation is 1. The molecule has 1 saturated heterocycles. The molecule has 0 aliphatic carbocycles. The number of fused-ring (bicyclic) bond motifs is 1. The number of nitrogens with one attached hydrogen (secondary N) is 1. The Morgan fingerprint density at radius 2 is 2.09 bits per heavy atom. The minimum atomic E-state index is 0.376. The minimum absolute atomic E-state index is 0.376. The van der Waals surface area contributed by atoms with Crippen LogP contribution in [-0.4, -0.2) is 38.9 Å². The van der Waals surface area contributed by atoms with Crippen LogP contribution in [0.15, 0.2) is 48.9 Å². The Hall–Kier alpha value is -2.24. The summed E-state index contributed by atoms with van der Waals surface area (Å²) in [6.07, 6.45) is 5.76. The van der Waals surface area contributed by atoms with Crippen LogP contribution in [0.3, 0.4) is 0 Å². The van der Waals surface area contributed by atoms with Crippen LogP contribution in [0, 0.1) is 6.92 Å². The quantitative estimate of drug-likeness (QED) is 0.805. The van der Waals surface area contributed by atoms with E-state index in [9.17, 15) is 0 Å². The molecular weight excluding hydrogens is 286 g/mol. The summed E-state index contributed by atoms with van der Waals surface area (Å²) in [5.41, 5.74) is 4.82. The van der Waals surface area contributed by atoms with Crippen molar-refractivity contribution >= 4 is 5.65 Å². The van der Waals surface area contributed by atoms with Gasteiger partial charge in [-0.15, -0.1) is 0 Å². The van der Waals surface area contributed by atoms with Gasteiger partial charge in [-0.1, -0.05) is 6.07 Å². The van der Waals surface area contributed by atoms with Gasteiger partial charge < -0.3 is 9.72 Å². The zero-order valence-electron chi connectivity index (χ0n) is 13.3. The highest BCUT2D eigenvalue weighted by Gasteiger charge is 2.24. The van der Waals surface area contributed by atoms with E-state index in [1.54, 1.807) is 0 Å². The third-order valence-electron chi connectivity index (χ3n) is 4.61. The smallest absolute Gasteiger partial charge is 0.137 e. The fourth-order valence-electron chi connectivity index (χ4n) is 3.45. The van der Waals surface area contributed by atoms with E-state index in [0.29, 0.717) is 6.04 Å². The van der Waals surface area contributed by atoms with E-state index in [0.717, 1.165) is 31.8 Å². The topological polar surface area (TPSA) is 45.5 Å². The van der Waals surface area contributed by atoms with E-state index in [1.807, 2.05) is 18.6 Å². The monoisotopic (exact) mass is 307 g/mol. The second-order valence-corrected chi connectivity index (χ2v) is 6.08. The van der Waals surface area contributed by atoms with Crippen molar-refractivity contribution in [1.82, 2.24) is 24.6 Å². The van der Waals surface area contributed by atoms with Gasteiger partial charge in [0.1, 0.15) is 5.65 Å².